The molecule has 3 nitrogen and oxygen atoms in total. The van der Waals surface area contributed by atoms with E-state index in [1.165, 1.54) is 12.0 Å². The molecule has 1 unspecified atom stereocenters. The van der Waals surface area contributed by atoms with E-state index in [1.54, 1.807) is 7.11 Å². The Labute approximate surface area is 111 Å². The summed E-state index contributed by atoms with van der Waals surface area (Å²) in [4.78, 5) is 0. The summed E-state index contributed by atoms with van der Waals surface area (Å²) in [7, 11) is 1.67. The Morgan fingerprint density at radius 1 is 1.47 bits per heavy atom. The summed E-state index contributed by atoms with van der Waals surface area (Å²) in [5, 5.41) is 3.38. The maximum atomic E-state index is 5.63. The van der Waals surface area contributed by atoms with E-state index in [9.17, 15) is 0 Å². The van der Waals surface area contributed by atoms with E-state index in [2.05, 4.69) is 33.4 Å². The first-order valence-corrected chi connectivity index (χ1v) is 6.76. The van der Waals surface area contributed by atoms with Gasteiger partial charge < -0.3 is 14.8 Å². The molecule has 17 heavy (non-hydrogen) atoms. The van der Waals surface area contributed by atoms with Gasteiger partial charge in [-0.1, -0.05) is 0 Å². The van der Waals surface area contributed by atoms with Crippen LogP contribution in [0.1, 0.15) is 24.8 Å². The van der Waals surface area contributed by atoms with Crippen LogP contribution < -0.4 is 14.8 Å². The fraction of sp³-hybridized carbons (Fsp3) is 0.538. The van der Waals surface area contributed by atoms with Crippen molar-refractivity contribution < 1.29 is 9.47 Å². The van der Waals surface area contributed by atoms with Crippen LogP contribution in [0.25, 0.3) is 0 Å². The van der Waals surface area contributed by atoms with Gasteiger partial charge in [-0.2, -0.15) is 0 Å². The van der Waals surface area contributed by atoms with E-state index in [0.717, 1.165) is 29.1 Å². The first-order chi connectivity index (χ1) is 8.26. The lowest BCUT2D eigenvalue weighted by Crippen LogP contribution is -2.08. The minimum atomic E-state index is 0.580. The summed E-state index contributed by atoms with van der Waals surface area (Å²) in [6.07, 6.45) is 1.18. The van der Waals surface area contributed by atoms with Gasteiger partial charge in [0.1, 0.15) is 0 Å². The highest BCUT2D eigenvalue weighted by Crippen LogP contribution is 2.39. The first-order valence-electron chi connectivity index (χ1n) is 5.97. The molecule has 1 atom stereocenters. The van der Waals surface area contributed by atoms with Crippen molar-refractivity contribution in [1.82, 2.24) is 5.32 Å². The number of hydrogen-bond donors (Lipinski definition) is 1. The lowest BCUT2D eigenvalue weighted by molar-refractivity contribution is 0.309. The molecular formula is C13H18BrNO2. The maximum Gasteiger partial charge on any atom is 0.174 e. The van der Waals surface area contributed by atoms with E-state index >= 15 is 0 Å². The van der Waals surface area contributed by atoms with Crippen LogP contribution in [0.4, 0.5) is 0 Å². The number of rotatable bonds is 4. The Balaban J connectivity index is 2.34. The third-order valence-corrected chi connectivity index (χ3v) is 3.66. The molecule has 1 heterocycles. The molecule has 1 aromatic rings. The van der Waals surface area contributed by atoms with Gasteiger partial charge in [0, 0.05) is 6.54 Å². The molecule has 0 saturated carbocycles. The summed E-state index contributed by atoms with van der Waals surface area (Å²) in [6, 6.07) is 4.24. The Morgan fingerprint density at radius 3 is 2.88 bits per heavy atom. The Morgan fingerprint density at radius 2 is 2.29 bits per heavy atom. The third-order valence-electron chi connectivity index (χ3n) is 3.07. The summed E-state index contributed by atoms with van der Waals surface area (Å²) in [5.41, 5.74) is 1.31. The van der Waals surface area contributed by atoms with Crippen LogP contribution in [0.2, 0.25) is 0 Å². The Kier molecular flexibility index (Phi) is 4.29. The number of nitrogens with one attached hydrogen (secondary N) is 1. The zero-order valence-electron chi connectivity index (χ0n) is 10.3. The van der Waals surface area contributed by atoms with E-state index in [0.29, 0.717) is 12.5 Å². The minimum Gasteiger partial charge on any atom is -0.492 e. The standard InChI is InChI=1S/C13H18BrNO2/c1-3-17-12-7-10(9-4-5-15-8-9)6-11(14)13(12)16-2/h6-7,9,15H,3-5,8H2,1-2H3. The molecule has 1 aliphatic rings. The maximum absolute atomic E-state index is 5.63. The monoisotopic (exact) mass is 299 g/mol. The highest BCUT2D eigenvalue weighted by Gasteiger charge is 2.20. The molecule has 1 aliphatic heterocycles. The summed E-state index contributed by atoms with van der Waals surface area (Å²) < 4.78 is 12.0. The van der Waals surface area contributed by atoms with Gasteiger partial charge in [-0.3, -0.25) is 0 Å². The van der Waals surface area contributed by atoms with Gasteiger partial charge in [-0.05, 0) is 59.4 Å². The molecule has 4 heteroatoms. The van der Waals surface area contributed by atoms with Gasteiger partial charge in [0.25, 0.3) is 0 Å². The molecule has 0 bridgehead atoms. The van der Waals surface area contributed by atoms with Crippen LogP contribution in [0, 0.1) is 0 Å². The van der Waals surface area contributed by atoms with E-state index in [-0.39, 0.29) is 0 Å². The Bertz CT molecular complexity index is 389. The third kappa shape index (κ3) is 2.75. The second-order valence-corrected chi connectivity index (χ2v) is 5.01. The molecule has 1 aromatic carbocycles. The number of hydrogen-bond acceptors (Lipinski definition) is 3. The number of benzene rings is 1. The molecule has 1 saturated heterocycles. The van der Waals surface area contributed by atoms with Crippen molar-refractivity contribution in [3.05, 3.63) is 22.2 Å². The van der Waals surface area contributed by atoms with Crippen LogP contribution >= 0.6 is 15.9 Å². The molecule has 2 rings (SSSR count). The van der Waals surface area contributed by atoms with Crippen molar-refractivity contribution in [2.24, 2.45) is 0 Å². The van der Waals surface area contributed by atoms with Crippen molar-refractivity contribution in [1.29, 1.82) is 0 Å². The van der Waals surface area contributed by atoms with Gasteiger partial charge in [0.05, 0.1) is 18.2 Å². The topological polar surface area (TPSA) is 30.5 Å². The quantitative estimate of drug-likeness (QED) is 0.927. The van der Waals surface area contributed by atoms with Crippen molar-refractivity contribution in [2.45, 2.75) is 19.3 Å². The summed E-state index contributed by atoms with van der Waals surface area (Å²) in [5.74, 6) is 2.18. The first kappa shape index (κ1) is 12.7. The average Bonchev–Trinajstić information content (AvgIpc) is 2.82. The molecule has 0 aromatic heterocycles. The molecule has 0 spiro atoms. The van der Waals surface area contributed by atoms with Gasteiger partial charge in [-0.15, -0.1) is 0 Å². The fourth-order valence-corrected chi connectivity index (χ4v) is 2.85. The van der Waals surface area contributed by atoms with Crippen LogP contribution in [-0.4, -0.2) is 26.8 Å². The largest absolute Gasteiger partial charge is 0.492 e. The highest BCUT2D eigenvalue weighted by molar-refractivity contribution is 9.10. The van der Waals surface area contributed by atoms with Crippen molar-refractivity contribution in [3.8, 4) is 11.5 Å². The van der Waals surface area contributed by atoms with Crippen molar-refractivity contribution in [2.75, 3.05) is 26.8 Å². The Hall–Kier alpha value is -0.740. The minimum absolute atomic E-state index is 0.580. The van der Waals surface area contributed by atoms with Crippen LogP contribution in [0.3, 0.4) is 0 Å². The molecule has 0 radical (unpaired) electrons. The highest BCUT2D eigenvalue weighted by atomic mass is 79.9. The van der Waals surface area contributed by atoms with Crippen LogP contribution in [0.15, 0.2) is 16.6 Å². The summed E-state index contributed by atoms with van der Waals surface area (Å²) in [6.45, 7) is 4.77. The smallest absolute Gasteiger partial charge is 0.174 e. The van der Waals surface area contributed by atoms with Gasteiger partial charge >= 0.3 is 0 Å². The number of methoxy groups -OCH3 is 1. The predicted molar refractivity (Wildman–Crippen MR) is 72.1 cm³/mol. The molecule has 0 aliphatic carbocycles. The second-order valence-electron chi connectivity index (χ2n) is 4.16. The molecule has 1 fully saturated rings. The SMILES string of the molecule is CCOc1cc(C2CCNC2)cc(Br)c1OC. The van der Waals surface area contributed by atoms with Crippen molar-refractivity contribution in [3.63, 3.8) is 0 Å². The number of ether oxygens (including phenoxy) is 2. The lowest BCUT2D eigenvalue weighted by atomic mass is 9.98. The molecule has 0 amide bonds. The fourth-order valence-electron chi connectivity index (χ4n) is 2.22. The normalized spacial score (nSPS) is 19.4. The summed E-state index contributed by atoms with van der Waals surface area (Å²) >= 11 is 3.55. The van der Waals surface area contributed by atoms with E-state index < -0.39 is 0 Å². The zero-order valence-corrected chi connectivity index (χ0v) is 11.8. The predicted octanol–water partition coefficient (Wildman–Crippen LogP) is 2.93. The van der Waals surface area contributed by atoms with E-state index in [4.69, 9.17) is 9.47 Å². The van der Waals surface area contributed by atoms with Gasteiger partial charge in [0.15, 0.2) is 11.5 Å². The van der Waals surface area contributed by atoms with Gasteiger partial charge in [-0.25, -0.2) is 0 Å². The van der Waals surface area contributed by atoms with Crippen LogP contribution in [-0.2, 0) is 0 Å². The molecule has 94 valence electrons. The molecule has 1 N–H and O–H groups in total. The second kappa shape index (κ2) is 5.74. The van der Waals surface area contributed by atoms with Crippen LogP contribution in [0.5, 0.6) is 11.5 Å². The molecular weight excluding hydrogens is 282 g/mol. The average molecular weight is 300 g/mol. The number of halogens is 1. The zero-order chi connectivity index (χ0) is 12.3. The van der Waals surface area contributed by atoms with Gasteiger partial charge in [0.2, 0.25) is 0 Å². The van der Waals surface area contributed by atoms with Crippen molar-refractivity contribution >= 4 is 15.9 Å². The van der Waals surface area contributed by atoms with E-state index in [1.807, 2.05) is 6.92 Å². The lowest BCUT2D eigenvalue weighted by Gasteiger charge is -2.16.